The summed E-state index contributed by atoms with van der Waals surface area (Å²) in [6.45, 7) is 15.4. The molecule has 2 N–H and O–H groups in total. The average molecular weight is 542 g/mol. The number of fused-ring (bicyclic) bond motifs is 1. The smallest absolute Gasteiger partial charge is 0.324 e. The van der Waals surface area contributed by atoms with E-state index in [-0.39, 0.29) is 11.4 Å². The highest BCUT2D eigenvalue weighted by Gasteiger charge is 2.22. The van der Waals surface area contributed by atoms with Gasteiger partial charge >= 0.3 is 6.03 Å². The molecule has 8 nitrogen and oxygen atoms in total. The van der Waals surface area contributed by atoms with Crippen LogP contribution in [0.2, 0.25) is 0 Å². The summed E-state index contributed by atoms with van der Waals surface area (Å²) >= 11 is 0. The van der Waals surface area contributed by atoms with E-state index in [0.717, 1.165) is 60.8 Å². The lowest BCUT2D eigenvalue weighted by Crippen LogP contribution is -2.38. The Kier molecular flexibility index (Phi) is 8.09. The quantitative estimate of drug-likeness (QED) is 0.287. The van der Waals surface area contributed by atoms with Crippen molar-refractivity contribution in [2.24, 2.45) is 0 Å². The molecule has 0 aliphatic carbocycles. The third-order valence-corrected chi connectivity index (χ3v) is 7.36. The summed E-state index contributed by atoms with van der Waals surface area (Å²) in [5.74, 6) is 1.41. The van der Waals surface area contributed by atoms with Gasteiger partial charge < -0.3 is 14.8 Å². The molecule has 1 aromatic heterocycles. The first kappa shape index (κ1) is 27.7. The molecular weight excluding hydrogens is 502 g/mol. The Morgan fingerprint density at radius 2 is 1.70 bits per heavy atom. The van der Waals surface area contributed by atoms with Gasteiger partial charge in [0.05, 0.1) is 30.3 Å². The molecule has 1 saturated heterocycles. The lowest BCUT2D eigenvalue weighted by molar-refractivity contribution is 0.0323. The molecule has 210 valence electrons. The van der Waals surface area contributed by atoms with E-state index in [9.17, 15) is 4.79 Å². The maximum atomic E-state index is 13.3. The predicted octanol–water partition coefficient (Wildman–Crippen LogP) is 6.29. The van der Waals surface area contributed by atoms with Crippen LogP contribution in [-0.2, 0) is 10.2 Å². The number of ether oxygens (including phenoxy) is 2. The van der Waals surface area contributed by atoms with Crippen molar-refractivity contribution in [1.82, 2.24) is 14.7 Å². The monoisotopic (exact) mass is 541 g/mol. The number of nitrogens with one attached hydrogen (secondary N) is 2. The van der Waals surface area contributed by atoms with Crippen LogP contribution in [0.1, 0.15) is 37.6 Å². The first-order valence-electron chi connectivity index (χ1n) is 13.9. The summed E-state index contributed by atoms with van der Waals surface area (Å²) in [5, 5.41) is 12.8. The van der Waals surface area contributed by atoms with E-state index in [0.29, 0.717) is 18.1 Å². The molecule has 1 aliphatic rings. The van der Waals surface area contributed by atoms with Gasteiger partial charge in [0.25, 0.3) is 0 Å². The van der Waals surface area contributed by atoms with E-state index in [1.807, 2.05) is 48.5 Å². The van der Waals surface area contributed by atoms with Crippen LogP contribution in [-0.4, -0.2) is 60.2 Å². The van der Waals surface area contributed by atoms with E-state index in [2.05, 4.69) is 62.3 Å². The molecular formula is C32H39N5O3. The molecule has 2 heterocycles. The fourth-order valence-corrected chi connectivity index (χ4v) is 4.78. The largest absolute Gasteiger partial charge is 0.492 e. The fraction of sp³-hybridized carbons (Fsp3) is 0.375. The molecule has 5 rings (SSSR count). The third kappa shape index (κ3) is 6.29. The molecule has 2 amide bonds. The van der Waals surface area contributed by atoms with Crippen molar-refractivity contribution >= 4 is 28.3 Å². The Balaban J connectivity index is 1.35. The summed E-state index contributed by atoms with van der Waals surface area (Å²) < 4.78 is 13.4. The predicted molar refractivity (Wildman–Crippen MR) is 161 cm³/mol. The van der Waals surface area contributed by atoms with E-state index < -0.39 is 0 Å². The molecule has 1 aliphatic heterocycles. The Labute approximate surface area is 236 Å². The van der Waals surface area contributed by atoms with Gasteiger partial charge in [-0.25, -0.2) is 9.48 Å². The second kappa shape index (κ2) is 11.7. The van der Waals surface area contributed by atoms with Crippen LogP contribution in [0.3, 0.4) is 0 Å². The maximum absolute atomic E-state index is 13.3. The zero-order valence-electron chi connectivity index (χ0n) is 24.1. The van der Waals surface area contributed by atoms with Crippen LogP contribution in [0.25, 0.3) is 16.5 Å². The second-order valence-corrected chi connectivity index (χ2v) is 11.4. The van der Waals surface area contributed by atoms with Gasteiger partial charge in [-0.1, -0.05) is 51.1 Å². The molecule has 0 unspecified atom stereocenters. The summed E-state index contributed by atoms with van der Waals surface area (Å²) in [6.07, 6.45) is 0. The van der Waals surface area contributed by atoms with Crippen LogP contribution in [0, 0.1) is 13.8 Å². The summed E-state index contributed by atoms with van der Waals surface area (Å²) in [7, 11) is 0. The Bertz CT molecular complexity index is 1500. The van der Waals surface area contributed by atoms with Crippen molar-refractivity contribution in [3.8, 4) is 11.4 Å². The molecule has 40 heavy (non-hydrogen) atoms. The number of aromatic nitrogens is 2. The first-order chi connectivity index (χ1) is 19.2. The lowest BCUT2D eigenvalue weighted by atomic mass is 9.92. The number of amides is 2. The number of anilines is 2. The number of urea groups is 1. The SMILES string of the molecule is Cc1ccc(-n2nc(C(C)(C)C)cc2NC(=O)Nc2ccc(OCCN3CCOCC3)c3ccccc23)cc1C. The lowest BCUT2D eigenvalue weighted by Gasteiger charge is -2.26. The Hall–Kier alpha value is -3.88. The van der Waals surface area contributed by atoms with Crippen molar-refractivity contribution in [3.63, 3.8) is 0 Å². The molecule has 0 atom stereocenters. The zero-order valence-corrected chi connectivity index (χ0v) is 24.1. The number of hydrogen-bond donors (Lipinski definition) is 2. The summed E-state index contributed by atoms with van der Waals surface area (Å²) in [6, 6.07) is 19.6. The standard InChI is InChI=1S/C32H39N5O3/c1-22-10-11-24(20-23(22)2)37-30(21-29(35-37)32(3,4)5)34-31(38)33-27-12-13-28(26-9-7-6-8-25(26)27)40-19-16-36-14-17-39-18-15-36/h6-13,20-21H,14-19H2,1-5H3,(H2,33,34,38). The van der Waals surface area contributed by atoms with Crippen molar-refractivity contribution in [3.05, 3.63) is 77.5 Å². The van der Waals surface area contributed by atoms with Gasteiger partial charge in [0, 0.05) is 41.9 Å². The molecule has 0 spiro atoms. The van der Waals surface area contributed by atoms with Gasteiger partial charge in [0.2, 0.25) is 0 Å². The van der Waals surface area contributed by atoms with Crippen LogP contribution in [0.15, 0.2) is 60.7 Å². The van der Waals surface area contributed by atoms with Gasteiger partial charge in [-0.15, -0.1) is 0 Å². The minimum atomic E-state index is -0.336. The Morgan fingerprint density at radius 1 is 0.950 bits per heavy atom. The van der Waals surface area contributed by atoms with Gasteiger partial charge in [-0.3, -0.25) is 10.2 Å². The highest BCUT2D eigenvalue weighted by atomic mass is 16.5. The average Bonchev–Trinajstić information content (AvgIpc) is 3.36. The van der Waals surface area contributed by atoms with E-state index >= 15 is 0 Å². The highest BCUT2D eigenvalue weighted by Crippen LogP contribution is 2.32. The number of benzene rings is 3. The number of carbonyl (C=O) groups is 1. The minimum Gasteiger partial charge on any atom is -0.492 e. The van der Waals surface area contributed by atoms with Gasteiger partial charge in [0.15, 0.2) is 0 Å². The summed E-state index contributed by atoms with van der Waals surface area (Å²) in [4.78, 5) is 15.7. The molecule has 1 fully saturated rings. The van der Waals surface area contributed by atoms with Crippen LogP contribution >= 0.6 is 0 Å². The third-order valence-electron chi connectivity index (χ3n) is 7.36. The van der Waals surface area contributed by atoms with Crippen LogP contribution in [0.4, 0.5) is 16.3 Å². The van der Waals surface area contributed by atoms with Crippen LogP contribution in [0.5, 0.6) is 5.75 Å². The Morgan fingerprint density at radius 3 is 2.42 bits per heavy atom. The summed E-state index contributed by atoms with van der Waals surface area (Å²) in [5.41, 5.74) is 4.70. The van der Waals surface area contributed by atoms with E-state index in [1.165, 1.54) is 11.1 Å². The zero-order chi connectivity index (χ0) is 28.3. The number of carbonyl (C=O) groups excluding carboxylic acids is 1. The van der Waals surface area contributed by atoms with Crippen LogP contribution < -0.4 is 15.4 Å². The number of aryl methyl sites for hydroxylation is 2. The molecule has 4 aromatic rings. The van der Waals surface area contributed by atoms with Gasteiger partial charge in [-0.2, -0.15) is 5.10 Å². The molecule has 0 radical (unpaired) electrons. The number of morpholine rings is 1. The molecule has 0 saturated carbocycles. The van der Waals surface area contributed by atoms with Crippen molar-refractivity contribution in [2.75, 3.05) is 50.1 Å². The highest BCUT2D eigenvalue weighted by molar-refractivity contribution is 6.07. The number of hydrogen-bond acceptors (Lipinski definition) is 5. The molecule has 8 heteroatoms. The second-order valence-electron chi connectivity index (χ2n) is 11.4. The number of nitrogens with zero attached hydrogens (tertiary/aromatic N) is 3. The minimum absolute atomic E-state index is 0.175. The normalized spacial score (nSPS) is 14.3. The molecule has 3 aromatic carbocycles. The topological polar surface area (TPSA) is 80.7 Å². The van der Waals surface area contributed by atoms with E-state index in [1.54, 1.807) is 4.68 Å². The van der Waals surface area contributed by atoms with Crippen molar-refractivity contribution in [1.29, 1.82) is 0 Å². The maximum Gasteiger partial charge on any atom is 0.324 e. The first-order valence-corrected chi connectivity index (χ1v) is 13.9. The number of rotatable bonds is 7. The molecule has 0 bridgehead atoms. The van der Waals surface area contributed by atoms with Gasteiger partial charge in [-0.05, 0) is 49.2 Å². The van der Waals surface area contributed by atoms with E-state index in [4.69, 9.17) is 14.6 Å². The van der Waals surface area contributed by atoms with Gasteiger partial charge in [0.1, 0.15) is 18.2 Å². The van der Waals surface area contributed by atoms with Crippen molar-refractivity contribution < 1.29 is 14.3 Å². The fourth-order valence-electron chi connectivity index (χ4n) is 4.78. The van der Waals surface area contributed by atoms with Crippen molar-refractivity contribution in [2.45, 2.75) is 40.0 Å².